The van der Waals surface area contributed by atoms with E-state index in [1.807, 2.05) is 0 Å². The summed E-state index contributed by atoms with van der Waals surface area (Å²) in [6, 6.07) is 10.5. The van der Waals surface area contributed by atoms with Gasteiger partial charge in [-0.3, -0.25) is 4.31 Å². The van der Waals surface area contributed by atoms with Gasteiger partial charge in [0, 0.05) is 5.56 Å². The number of benzene rings is 2. The number of nitrogens with zero attached hydrogens (tertiary/aromatic N) is 2. The maximum Gasteiger partial charge on any atom is 0.233 e. The van der Waals surface area contributed by atoms with Crippen molar-refractivity contribution in [3.05, 3.63) is 52.3 Å². The van der Waals surface area contributed by atoms with Crippen LogP contribution in [0.15, 0.2) is 36.4 Å². The summed E-state index contributed by atoms with van der Waals surface area (Å²) in [4.78, 5) is 0. The number of rotatable bonds is 4. The number of nitriles is 1. The van der Waals surface area contributed by atoms with Gasteiger partial charge in [-0.1, -0.05) is 35.3 Å². The van der Waals surface area contributed by atoms with Crippen LogP contribution in [0.2, 0.25) is 10.0 Å². The van der Waals surface area contributed by atoms with Gasteiger partial charge in [0.05, 0.1) is 28.1 Å². The second-order valence-corrected chi connectivity index (χ2v) is 7.44. The average Bonchev–Trinajstić information content (AvgIpc) is 2.46. The Morgan fingerprint density at radius 2 is 1.87 bits per heavy atom. The van der Waals surface area contributed by atoms with Crippen LogP contribution in [0.4, 0.5) is 10.1 Å². The van der Waals surface area contributed by atoms with E-state index >= 15 is 0 Å². The van der Waals surface area contributed by atoms with Crippen molar-refractivity contribution in [2.24, 2.45) is 0 Å². The second kappa shape index (κ2) is 6.75. The van der Waals surface area contributed by atoms with Gasteiger partial charge in [-0.05, 0) is 29.8 Å². The van der Waals surface area contributed by atoms with Gasteiger partial charge in [-0.2, -0.15) is 5.26 Å². The summed E-state index contributed by atoms with van der Waals surface area (Å²) in [7, 11) is -3.61. The van der Waals surface area contributed by atoms with Crippen LogP contribution < -0.4 is 4.31 Å². The lowest BCUT2D eigenvalue weighted by atomic mass is 10.1. The molecule has 2 aromatic rings. The van der Waals surface area contributed by atoms with E-state index in [4.69, 9.17) is 28.5 Å². The summed E-state index contributed by atoms with van der Waals surface area (Å²) in [6.45, 7) is -0.329. The molecule has 0 saturated heterocycles. The Hall–Kier alpha value is -1.81. The predicted molar refractivity (Wildman–Crippen MR) is 89.7 cm³/mol. The van der Waals surface area contributed by atoms with Crippen LogP contribution in [-0.4, -0.2) is 21.2 Å². The topological polar surface area (TPSA) is 61.2 Å². The first-order chi connectivity index (χ1) is 10.7. The number of hydrogen-bond acceptors (Lipinski definition) is 3. The quantitative estimate of drug-likeness (QED) is 0.759. The molecular weight excluding hydrogens is 362 g/mol. The fourth-order valence-electron chi connectivity index (χ4n) is 2.02. The summed E-state index contributed by atoms with van der Waals surface area (Å²) in [6.07, 6.45) is 1.00. The van der Waals surface area contributed by atoms with Crippen LogP contribution in [0.3, 0.4) is 0 Å². The molecule has 0 aliphatic rings. The van der Waals surface area contributed by atoms with E-state index in [9.17, 15) is 12.8 Å². The molecule has 2 aromatic carbocycles. The van der Waals surface area contributed by atoms with E-state index in [0.717, 1.165) is 10.6 Å². The van der Waals surface area contributed by atoms with Crippen LogP contribution in [0.1, 0.15) is 0 Å². The Kier molecular flexibility index (Phi) is 5.15. The number of sulfonamides is 1. The molecule has 0 unspecified atom stereocenters. The molecule has 0 aliphatic heterocycles. The second-order valence-electron chi connectivity index (χ2n) is 4.72. The molecule has 0 aromatic heterocycles. The third-order valence-electron chi connectivity index (χ3n) is 3.09. The molecule has 0 bridgehead atoms. The zero-order valence-electron chi connectivity index (χ0n) is 11.9. The third kappa shape index (κ3) is 3.94. The highest BCUT2D eigenvalue weighted by molar-refractivity contribution is 7.92. The minimum Gasteiger partial charge on any atom is -0.256 e. The molecule has 120 valence electrons. The van der Waals surface area contributed by atoms with Gasteiger partial charge in [0.1, 0.15) is 12.4 Å². The number of halogens is 3. The predicted octanol–water partition coefficient (Wildman–Crippen LogP) is 4.09. The molecule has 8 heteroatoms. The summed E-state index contributed by atoms with van der Waals surface area (Å²) >= 11 is 11.8. The molecule has 0 spiro atoms. The number of hydrogen-bond donors (Lipinski definition) is 0. The van der Waals surface area contributed by atoms with Gasteiger partial charge < -0.3 is 0 Å². The van der Waals surface area contributed by atoms with Crippen LogP contribution in [0, 0.1) is 17.1 Å². The summed E-state index contributed by atoms with van der Waals surface area (Å²) < 4.78 is 38.0. The first-order valence-corrected chi connectivity index (χ1v) is 8.94. The zero-order chi connectivity index (χ0) is 17.2. The van der Waals surface area contributed by atoms with Crippen molar-refractivity contribution in [2.45, 2.75) is 0 Å². The Labute approximate surface area is 143 Å². The van der Waals surface area contributed by atoms with Crippen molar-refractivity contribution in [3.8, 4) is 17.2 Å². The standard InChI is InChI=1S/C15H11Cl2FN2O2S/c1-23(21,22)20(7-6-19)11-3-4-12(14(17)9-11)10-2-5-13(16)15(18)8-10/h2-5,8-9H,7H2,1H3. The van der Waals surface area contributed by atoms with Gasteiger partial charge in [0.2, 0.25) is 10.0 Å². The van der Waals surface area contributed by atoms with E-state index in [1.165, 1.54) is 24.3 Å². The normalized spacial score (nSPS) is 11.1. The minimum atomic E-state index is -3.61. The van der Waals surface area contributed by atoms with E-state index in [2.05, 4.69) is 0 Å². The van der Waals surface area contributed by atoms with Gasteiger partial charge in [-0.15, -0.1) is 0 Å². The van der Waals surface area contributed by atoms with Crippen molar-refractivity contribution in [1.29, 1.82) is 5.26 Å². The van der Waals surface area contributed by atoms with E-state index in [-0.39, 0.29) is 22.3 Å². The lowest BCUT2D eigenvalue weighted by molar-refractivity contribution is 0.599. The van der Waals surface area contributed by atoms with Crippen molar-refractivity contribution < 1.29 is 12.8 Å². The molecule has 0 heterocycles. The van der Waals surface area contributed by atoms with Gasteiger partial charge in [-0.25, -0.2) is 12.8 Å². The SMILES string of the molecule is CS(=O)(=O)N(CC#N)c1ccc(-c2ccc(Cl)c(F)c2)c(Cl)c1. The van der Waals surface area contributed by atoms with E-state index in [0.29, 0.717) is 11.1 Å². The van der Waals surface area contributed by atoms with Crippen molar-refractivity contribution in [3.63, 3.8) is 0 Å². The van der Waals surface area contributed by atoms with E-state index < -0.39 is 15.8 Å². The van der Waals surface area contributed by atoms with Gasteiger partial charge in [0.25, 0.3) is 0 Å². The molecule has 0 N–H and O–H groups in total. The highest BCUT2D eigenvalue weighted by Gasteiger charge is 2.18. The highest BCUT2D eigenvalue weighted by atomic mass is 35.5. The maximum absolute atomic E-state index is 13.6. The molecule has 0 radical (unpaired) electrons. The van der Waals surface area contributed by atoms with Gasteiger partial charge in [0.15, 0.2) is 0 Å². The largest absolute Gasteiger partial charge is 0.256 e. The summed E-state index contributed by atoms with van der Waals surface area (Å²) in [5, 5.41) is 9.01. The zero-order valence-corrected chi connectivity index (χ0v) is 14.3. The fraction of sp³-hybridized carbons (Fsp3) is 0.133. The molecule has 0 fully saturated rings. The molecule has 0 saturated carbocycles. The summed E-state index contributed by atoms with van der Waals surface area (Å²) in [5.41, 5.74) is 1.29. The van der Waals surface area contributed by atoms with Crippen LogP contribution in [-0.2, 0) is 10.0 Å². The highest BCUT2D eigenvalue weighted by Crippen LogP contribution is 2.33. The Bertz CT molecular complexity index is 895. The molecule has 0 atom stereocenters. The monoisotopic (exact) mass is 372 g/mol. The Morgan fingerprint density at radius 3 is 2.39 bits per heavy atom. The molecule has 0 amide bonds. The number of anilines is 1. The molecule has 23 heavy (non-hydrogen) atoms. The van der Waals surface area contributed by atoms with Gasteiger partial charge >= 0.3 is 0 Å². The van der Waals surface area contributed by atoms with Crippen LogP contribution >= 0.6 is 23.2 Å². The first kappa shape index (κ1) is 17.5. The lowest BCUT2D eigenvalue weighted by Crippen LogP contribution is -2.30. The molecular formula is C15H11Cl2FN2O2S. The Balaban J connectivity index is 2.49. The van der Waals surface area contributed by atoms with Crippen molar-refractivity contribution in [2.75, 3.05) is 17.1 Å². The van der Waals surface area contributed by atoms with Crippen molar-refractivity contribution in [1.82, 2.24) is 0 Å². The van der Waals surface area contributed by atoms with Crippen LogP contribution in [0.25, 0.3) is 11.1 Å². The maximum atomic E-state index is 13.6. The minimum absolute atomic E-state index is 0.00114. The average molecular weight is 373 g/mol. The third-order valence-corrected chi connectivity index (χ3v) is 4.85. The lowest BCUT2D eigenvalue weighted by Gasteiger charge is -2.20. The van der Waals surface area contributed by atoms with Crippen LogP contribution in [0.5, 0.6) is 0 Å². The Morgan fingerprint density at radius 1 is 1.17 bits per heavy atom. The molecule has 4 nitrogen and oxygen atoms in total. The van der Waals surface area contributed by atoms with Crippen molar-refractivity contribution >= 4 is 38.9 Å². The van der Waals surface area contributed by atoms with E-state index in [1.54, 1.807) is 18.2 Å². The summed E-state index contributed by atoms with van der Waals surface area (Å²) in [5.74, 6) is -0.577. The molecule has 2 rings (SSSR count). The molecule has 0 aliphatic carbocycles. The fourth-order valence-corrected chi connectivity index (χ4v) is 3.21. The smallest absolute Gasteiger partial charge is 0.233 e. The first-order valence-electron chi connectivity index (χ1n) is 6.33.